The minimum absolute atomic E-state index is 0.0104. The van der Waals surface area contributed by atoms with Gasteiger partial charge in [-0.25, -0.2) is 0 Å². The van der Waals surface area contributed by atoms with Crippen molar-refractivity contribution in [2.75, 3.05) is 0 Å². The van der Waals surface area contributed by atoms with Crippen LogP contribution in [0, 0.1) is 27.7 Å². The van der Waals surface area contributed by atoms with Gasteiger partial charge < -0.3 is 0 Å². The molecule has 0 saturated heterocycles. The van der Waals surface area contributed by atoms with Crippen molar-refractivity contribution in [2.24, 2.45) is 0 Å². The number of rotatable bonds is 8. The van der Waals surface area contributed by atoms with Gasteiger partial charge in [-0.3, -0.25) is 0 Å². The lowest BCUT2D eigenvalue weighted by Crippen LogP contribution is -2.59. The van der Waals surface area contributed by atoms with Crippen molar-refractivity contribution in [3.05, 3.63) is 44.5 Å². The van der Waals surface area contributed by atoms with E-state index in [0.717, 1.165) is 25.7 Å². The molecule has 3 rings (SSSR count). The monoisotopic (exact) mass is 546 g/mol. The van der Waals surface area contributed by atoms with Crippen LogP contribution in [0.1, 0.15) is 97.9 Å². The molecule has 0 unspecified atom stereocenters. The molecule has 0 radical (unpaired) electrons. The molecule has 10 heteroatoms. The Bertz CT molecular complexity index is 1360. The summed E-state index contributed by atoms with van der Waals surface area (Å²) in [6, 6.07) is 0. The fourth-order valence-electron chi connectivity index (χ4n) is 9.35. The van der Waals surface area contributed by atoms with Crippen LogP contribution in [0.2, 0.25) is 0 Å². The Morgan fingerprint density at radius 3 is 0.690 bits per heavy atom. The summed E-state index contributed by atoms with van der Waals surface area (Å²) in [5, 5.41) is 0. The van der Waals surface area contributed by atoms with Gasteiger partial charge in [-0.15, -0.1) is 0 Å². The minimum Gasteiger partial charge on any atom is -0.0918 e. The van der Waals surface area contributed by atoms with E-state index < -0.39 is 0 Å². The maximum absolute atomic E-state index is 2.45. The van der Waals surface area contributed by atoms with E-state index in [-0.39, 0.29) is 10.8 Å². The molecule has 0 saturated carbocycles. The van der Waals surface area contributed by atoms with Crippen LogP contribution in [-0.2, 0) is 10.8 Å². The van der Waals surface area contributed by atoms with Gasteiger partial charge in [0, 0.05) is 10.8 Å². The highest BCUT2D eigenvalue weighted by Gasteiger charge is 2.41. The van der Waals surface area contributed by atoms with Crippen molar-refractivity contribution in [3.63, 3.8) is 0 Å². The van der Waals surface area contributed by atoms with E-state index in [4.69, 9.17) is 0 Å². The average molecular weight is 545 g/mol. The van der Waals surface area contributed by atoms with E-state index >= 15 is 0 Å². The summed E-state index contributed by atoms with van der Waals surface area (Å²) in [5.41, 5.74) is 27.1. The Balaban J connectivity index is 2.58. The molecule has 3 aromatic rings. The Morgan fingerprint density at radius 2 is 0.476 bits per heavy atom. The zero-order valence-electron chi connectivity index (χ0n) is 30.8. The number of hydrogen-bond acceptors (Lipinski definition) is 0. The Kier molecular flexibility index (Phi) is 10.2. The van der Waals surface area contributed by atoms with Gasteiger partial charge in [0.1, 0.15) is 78.5 Å². The highest BCUT2D eigenvalue weighted by molar-refractivity contribution is 6.59. The fourth-order valence-corrected chi connectivity index (χ4v) is 9.35. The lowest BCUT2D eigenvalue weighted by atomic mass is 9.49. The zero-order valence-corrected chi connectivity index (χ0v) is 30.8. The van der Waals surface area contributed by atoms with E-state index in [1.807, 2.05) is 0 Å². The van der Waals surface area contributed by atoms with Crippen LogP contribution in [0.4, 0.5) is 0 Å². The van der Waals surface area contributed by atoms with Crippen LogP contribution in [0.3, 0.4) is 0 Å². The summed E-state index contributed by atoms with van der Waals surface area (Å²) in [7, 11) is 24.0. The zero-order chi connectivity index (χ0) is 32.2. The molecule has 0 aliphatic rings. The molecule has 0 aliphatic heterocycles. The van der Waals surface area contributed by atoms with Gasteiger partial charge >= 0.3 is 0 Å². The van der Waals surface area contributed by atoms with Crippen molar-refractivity contribution in [1.29, 1.82) is 0 Å². The summed E-state index contributed by atoms with van der Waals surface area (Å²) in [6.45, 7) is 19.0. The van der Waals surface area contributed by atoms with E-state index in [1.165, 1.54) is 76.9 Å². The number of hydrogen-bond donors (Lipinski definition) is 0. The first-order chi connectivity index (χ1) is 19.5. The highest BCUT2D eigenvalue weighted by Crippen LogP contribution is 2.38. The summed E-state index contributed by atoms with van der Waals surface area (Å²) in [6.07, 6.45) is 4.42. The SMILES string of the molecule is Bc1c(B)c(C(CC)(CC)c2c(B)c(B)c(C(CC)(CC)c3c(B)c(B)c(C)c(C)c3B)c(B)c2B)c(B)c(C)c1C. The second kappa shape index (κ2) is 12.4. The molecule has 0 aromatic heterocycles. The van der Waals surface area contributed by atoms with Crippen molar-refractivity contribution in [2.45, 2.75) is 91.9 Å². The molecule has 0 heterocycles. The molecule has 42 heavy (non-hydrogen) atoms. The van der Waals surface area contributed by atoms with Gasteiger partial charge in [-0.05, 0) is 53.4 Å². The molecule has 0 nitrogen and oxygen atoms in total. The average Bonchev–Trinajstić information content (AvgIpc) is 2.98. The maximum Gasteiger partial charge on any atom is 0.140 e. The maximum atomic E-state index is 2.45. The fraction of sp³-hybridized carbons (Fsp3) is 0.438. The standard InChI is InChI=1S/C32H52B10/c1-9-31(10-2,17-21(33)13(5)15(7)23(35)25(17)37)19-27(39)29(41)20(30(42)28(19)40)32(11-3,12-4)18-22(34)14(6)16(8)24(36)26(18)38/h9-12,33-42H2,1-8H3. The molecule has 0 amide bonds. The van der Waals surface area contributed by atoms with Crippen molar-refractivity contribution in [3.8, 4) is 0 Å². The molecule has 0 fully saturated rings. The van der Waals surface area contributed by atoms with Gasteiger partial charge in [-0.1, -0.05) is 127 Å². The lowest BCUT2D eigenvalue weighted by molar-refractivity contribution is 0.483. The predicted molar refractivity (Wildman–Crippen MR) is 223 cm³/mol. The second-order valence-corrected chi connectivity index (χ2v) is 13.8. The van der Waals surface area contributed by atoms with Gasteiger partial charge in [-0.2, -0.15) is 0 Å². The van der Waals surface area contributed by atoms with Crippen LogP contribution in [0.5, 0.6) is 0 Å². The van der Waals surface area contributed by atoms with Crippen LogP contribution in [0.25, 0.3) is 0 Å². The van der Waals surface area contributed by atoms with Crippen molar-refractivity contribution < 1.29 is 0 Å². The molecular formula is C32H52B10. The largest absolute Gasteiger partial charge is 0.140 e. The molecular weight excluding hydrogens is 492 g/mol. The first-order valence-corrected chi connectivity index (χ1v) is 16.7. The van der Waals surface area contributed by atoms with Gasteiger partial charge in [0.05, 0.1) is 0 Å². The molecule has 210 valence electrons. The van der Waals surface area contributed by atoms with Crippen LogP contribution >= 0.6 is 0 Å². The molecule has 0 aliphatic carbocycles. The topological polar surface area (TPSA) is 0 Å². The lowest BCUT2D eigenvalue weighted by Gasteiger charge is -2.45. The van der Waals surface area contributed by atoms with Gasteiger partial charge in [0.15, 0.2) is 0 Å². The highest BCUT2D eigenvalue weighted by atomic mass is 14.4. The van der Waals surface area contributed by atoms with E-state index in [0.29, 0.717) is 0 Å². The summed E-state index contributed by atoms with van der Waals surface area (Å²) in [5.74, 6) is 0. The van der Waals surface area contributed by atoms with E-state index in [2.05, 4.69) is 134 Å². The third kappa shape index (κ3) is 4.72. The van der Waals surface area contributed by atoms with Gasteiger partial charge in [0.2, 0.25) is 0 Å². The van der Waals surface area contributed by atoms with Crippen molar-refractivity contribution in [1.82, 2.24) is 0 Å². The number of benzene rings is 3. The Hall–Kier alpha value is -1.69. The Morgan fingerprint density at radius 1 is 0.310 bits per heavy atom. The van der Waals surface area contributed by atoms with Crippen LogP contribution in [-0.4, -0.2) is 78.5 Å². The smallest absolute Gasteiger partial charge is 0.0918 e. The quantitative estimate of drug-likeness (QED) is 0.247. The third-order valence-corrected chi connectivity index (χ3v) is 13.0. The third-order valence-electron chi connectivity index (χ3n) is 13.0. The van der Waals surface area contributed by atoms with E-state index in [1.54, 1.807) is 22.3 Å². The first kappa shape index (κ1) is 34.8. The predicted octanol–water partition coefficient (Wildman–Crippen LogP) is -8.28. The molecule has 0 spiro atoms. The van der Waals surface area contributed by atoms with Gasteiger partial charge in [0.25, 0.3) is 0 Å². The minimum atomic E-state index is -0.0104. The summed E-state index contributed by atoms with van der Waals surface area (Å²) < 4.78 is 0. The Labute approximate surface area is 268 Å². The molecule has 3 aromatic carbocycles. The molecule has 0 bridgehead atoms. The molecule has 0 atom stereocenters. The van der Waals surface area contributed by atoms with Crippen molar-refractivity contribution >= 4 is 133 Å². The van der Waals surface area contributed by atoms with E-state index in [9.17, 15) is 0 Å². The first-order valence-electron chi connectivity index (χ1n) is 16.7. The van der Waals surface area contributed by atoms with Crippen LogP contribution in [0.15, 0.2) is 0 Å². The second-order valence-electron chi connectivity index (χ2n) is 13.8. The van der Waals surface area contributed by atoms with Crippen LogP contribution < -0.4 is 54.6 Å². The normalized spacial score (nSPS) is 12.2. The summed E-state index contributed by atoms with van der Waals surface area (Å²) in [4.78, 5) is 0. The summed E-state index contributed by atoms with van der Waals surface area (Å²) >= 11 is 0. The molecule has 0 N–H and O–H groups in total.